The molecule has 2 aromatic rings. The van der Waals surface area contributed by atoms with Gasteiger partial charge in [0.05, 0.1) is 0 Å². The molecule has 0 aromatic heterocycles. The zero-order valence-electron chi connectivity index (χ0n) is 18.0. The van der Waals surface area contributed by atoms with E-state index in [0.717, 1.165) is 49.5 Å². The number of hydrogen-bond donors (Lipinski definition) is 1. The molecule has 2 aromatic carbocycles. The summed E-state index contributed by atoms with van der Waals surface area (Å²) in [7, 11) is 0. The van der Waals surface area contributed by atoms with Crippen LogP contribution in [0.5, 0.6) is 0 Å². The molecule has 0 aliphatic carbocycles. The molecular formula is C24H30N4O2. The lowest BCUT2D eigenvalue weighted by Crippen LogP contribution is -2.48. The molecule has 1 N–H and O–H groups in total. The van der Waals surface area contributed by atoms with Crippen LogP contribution in [-0.2, 0) is 0 Å². The van der Waals surface area contributed by atoms with Gasteiger partial charge in [0.1, 0.15) is 6.17 Å². The summed E-state index contributed by atoms with van der Waals surface area (Å²) < 4.78 is 0. The van der Waals surface area contributed by atoms with E-state index in [9.17, 15) is 9.59 Å². The summed E-state index contributed by atoms with van der Waals surface area (Å²) in [6.45, 7) is 10.7. The van der Waals surface area contributed by atoms with Crippen LogP contribution in [0.3, 0.4) is 0 Å². The quantitative estimate of drug-likeness (QED) is 0.827. The van der Waals surface area contributed by atoms with Crippen molar-refractivity contribution in [3.8, 4) is 0 Å². The first kappa shape index (κ1) is 20.4. The van der Waals surface area contributed by atoms with Gasteiger partial charge in [0.15, 0.2) is 0 Å². The van der Waals surface area contributed by atoms with Gasteiger partial charge in [-0.25, -0.2) is 0 Å². The van der Waals surface area contributed by atoms with E-state index in [1.165, 1.54) is 0 Å². The van der Waals surface area contributed by atoms with Gasteiger partial charge in [-0.15, -0.1) is 0 Å². The lowest BCUT2D eigenvalue weighted by atomic mass is 10.1. The third-order valence-electron chi connectivity index (χ3n) is 6.10. The minimum atomic E-state index is -0.211. The summed E-state index contributed by atoms with van der Waals surface area (Å²) in [6.07, 6.45) is -0.211. The number of nitrogens with zero attached hydrogens (tertiary/aromatic N) is 3. The van der Waals surface area contributed by atoms with Crippen molar-refractivity contribution in [2.24, 2.45) is 0 Å². The van der Waals surface area contributed by atoms with Crippen LogP contribution in [-0.4, -0.2) is 65.3 Å². The smallest absolute Gasteiger partial charge is 0.256 e. The fourth-order valence-electron chi connectivity index (χ4n) is 4.33. The summed E-state index contributed by atoms with van der Waals surface area (Å²) in [6, 6.07) is 15.4. The van der Waals surface area contributed by atoms with Gasteiger partial charge in [0.2, 0.25) is 0 Å². The SMILES string of the molecule is CCN1CCN(C(=O)c2ccc(NC3c4ccccc4C(=O)N3C(C)C)cc2)CC1. The maximum Gasteiger partial charge on any atom is 0.256 e. The second-order valence-electron chi connectivity index (χ2n) is 8.24. The van der Waals surface area contributed by atoms with Gasteiger partial charge in [-0.05, 0) is 50.7 Å². The standard InChI is InChI=1S/C24H30N4O2/c1-4-26-13-15-27(16-14-26)23(29)18-9-11-19(12-10-18)25-22-20-7-5-6-8-21(20)24(30)28(22)17(2)3/h5-12,17,22,25H,4,13-16H2,1-3H3. The number of carbonyl (C=O) groups is 2. The number of fused-ring (bicyclic) bond motifs is 1. The molecule has 2 aliphatic heterocycles. The molecule has 6 heteroatoms. The van der Waals surface area contributed by atoms with Crippen molar-refractivity contribution in [2.75, 3.05) is 38.0 Å². The Kier molecular flexibility index (Phi) is 5.77. The molecule has 0 spiro atoms. The van der Waals surface area contributed by atoms with Gasteiger partial charge < -0.3 is 20.0 Å². The van der Waals surface area contributed by atoms with Gasteiger partial charge in [-0.1, -0.05) is 25.1 Å². The van der Waals surface area contributed by atoms with Gasteiger partial charge in [0, 0.05) is 54.6 Å². The lowest BCUT2D eigenvalue weighted by molar-refractivity contribution is 0.0642. The molecule has 1 fully saturated rings. The molecule has 1 unspecified atom stereocenters. The highest BCUT2D eigenvalue weighted by Crippen LogP contribution is 2.35. The van der Waals surface area contributed by atoms with E-state index in [4.69, 9.17) is 0 Å². The molecule has 158 valence electrons. The van der Waals surface area contributed by atoms with Crippen molar-refractivity contribution in [3.05, 3.63) is 65.2 Å². The van der Waals surface area contributed by atoms with E-state index in [-0.39, 0.29) is 24.0 Å². The average Bonchev–Trinajstić information content (AvgIpc) is 3.06. The number of hydrogen-bond acceptors (Lipinski definition) is 4. The van der Waals surface area contributed by atoms with Gasteiger partial charge in [-0.3, -0.25) is 9.59 Å². The van der Waals surface area contributed by atoms with Gasteiger partial charge in [-0.2, -0.15) is 0 Å². The molecule has 30 heavy (non-hydrogen) atoms. The van der Waals surface area contributed by atoms with Crippen molar-refractivity contribution < 1.29 is 9.59 Å². The Balaban J connectivity index is 1.48. The molecule has 1 saturated heterocycles. The fourth-order valence-corrected chi connectivity index (χ4v) is 4.33. The minimum absolute atomic E-state index is 0.0520. The predicted octanol–water partition coefficient (Wildman–Crippen LogP) is 3.44. The molecule has 1 atom stereocenters. The number of nitrogens with one attached hydrogen (secondary N) is 1. The van der Waals surface area contributed by atoms with E-state index >= 15 is 0 Å². The largest absolute Gasteiger partial charge is 0.361 e. The Labute approximate surface area is 178 Å². The highest BCUT2D eigenvalue weighted by Gasteiger charge is 2.37. The van der Waals surface area contributed by atoms with Gasteiger partial charge in [0.25, 0.3) is 11.8 Å². The number of benzene rings is 2. The molecule has 6 nitrogen and oxygen atoms in total. The summed E-state index contributed by atoms with van der Waals surface area (Å²) in [5, 5.41) is 3.49. The Bertz CT molecular complexity index is 917. The fraction of sp³-hybridized carbons (Fsp3) is 0.417. The third kappa shape index (κ3) is 3.79. The highest BCUT2D eigenvalue weighted by atomic mass is 16.2. The molecule has 4 rings (SSSR count). The molecule has 0 saturated carbocycles. The molecular weight excluding hydrogens is 376 g/mol. The van der Waals surface area contributed by atoms with Gasteiger partial charge >= 0.3 is 0 Å². The predicted molar refractivity (Wildman–Crippen MR) is 119 cm³/mol. The van der Waals surface area contributed by atoms with Crippen molar-refractivity contribution in [3.63, 3.8) is 0 Å². The average molecular weight is 407 g/mol. The van der Waals surface area contributed by atoms with Crippen LogP contribution in [0.25, 0.3) is 0 Å². The molecule has 0 radical (unpaired) electrons. The first-order valence-electron chi connectivity index (χ1n) is 10.8. The van der Waals surface area contributed by atoms with E-state index in [0.29, 0.717) is 5.56 Å². The van der Waals surface area contributed by atoms with Crippen molar-refractivity contribution in [2.45, 2.75) is 33.0 Å². The van der Waals surface area contributed by atoms with Crippen LogP contribution >= 0.6 is 0 Å². The van der Waals surface area contributed by atoms with Crippen LogP contribution in [0.1, 0.15) is 53.2 Å². The van der Waals surface area contributed by atoms with Crippen LogP contribution < -0.4 is 5.32 Å². The summed E-state index contributed by atoms with van der Waals surface area (Å²) in [5.41, 5.74) is 3.34. The minimum Gasteiger partial charge on any atom is -0.361 e. The van der Waals surface area contributed by atoms with E-state index in [1.807, 2.05) is 72.2 Å². The number of likely N-dealkylation sites (N-methyl/N-ethyl adjacent to an activating group) is 1. The van der Waals surface area contributed by atoms with Crippen LogP contribution in [0, 0.1) is 0 Å². The Hall–Kier alpha value is -2.86. The maximum atomic E-state index is 12.8. The number of anilines is 1. The second-order valence-corrected chi connectivity index (χ2v) is 8.24. The Morgan fingerprint density at radius 3 is 2.33 bits per heavy atom. The van der Waals surface area contributed by atoms with Crippen molar-refractivity contribution in [1.82, 2.24) is 14.7 Å². The summed E-state index contributed by atoms with van der Waals surface area (Å²) in [4.78, 5) is 31.8. The maximum absolute atomic E-state index is 12.8. The first-order chi connectivity index (χ1) is 14.5. The van der Waals surface area contributed by atoms with Crippen LogP contribution in [0.4, 0.5) is 5.69 Å². The Morgan fingerprint density at radius 1 is 1.03 bits per heavy atom. The number of amides is 2. The summed E-state index contributed by atoms with van der Waals surface area (Å²) in [5.74, 6) is 0.138. The Morgan fingerprint density at radius 2 is 1.70 bits per heavy atom. The number of rotatable bonds is 5. The van der Waals surface area contributed by atoms with Crippen LogP contribution in [0.2, 0.25) is 0 Å². The molecule has 2 aliphatic rings. The van der Waals surface area contributed by atoms with E-state index in [1.54, 1.807) is 0 Å². The first-order valence-corrected chi connectivity index (χ1v) is 10.8. The zero-order chi connectivity index (χ0) is 21.3. The summed E-state index contributed by atoms with van der Waals surface area (Å²) >= 11 is 0. The monoisotopic (exact) mass is 406 g/mol. The zero-order valence-corrected chi connectivity index (χ0v) is 18.0. The van der Waals surface area contributed by atoms with E-state index in [2.05, 4.69) is 17.1 Å². The van der Waals surface area contributed by atoms with Crippen molar-refractivity contribution in [1.29, 1.82) is 0 Å². The number of piperazine rings is 1. The highest BCUT2D eigenvalue weighted by molar-refractivity contribution is 5.99. The molecule has 0 bridgehead atoms. The van der Waals surface area contributed by atoms with Crippen molar-refractivity contribution >= 4 is 17.5 Å². The molecule has 2 amide bonds. The second kappa shape index (κ2) is 8.48. The lowest BCUT2D eigenvalue weighted by Gasteiger charge is -2.34. The number of carbonyl (C=O) groups excluding carboxylic acids is 2. The van der Waals surface area contributed by atoms with E-state index < -0.39 is 0 Å². The topological polar surface area (TPSA) is 55.9 Å². The third-order valence-corrected chi connectivity index (χ3v) is 6.10. The van der Waals surface area contributed by atoms with Crippen LogP contribution in [0.15, 0.2) is 48.5 Å². The molecule has 2 heterocycles. The normalized spacial score (nSPS) is 19.3.